The van der Waals surface area contributed by atoms with Gasteiger partial charge in [0, 0.05) is 18.4 Å². The number of Topliss-reactive ketones (excluding diaryl/α,β-unsaturated/α-hetero) is 1. The van der Waals surface area contributed by atoms with E-state index >= 15 is 0 Å². The summed E-state index contributed by atoms with van der Waals surface area (Å²) in [6.45, 7) is 1.97. The number of aromatic hydroxyl groups is 1. The van der Waals surface area contributed by atoms with E-state index in [0.29, 0.717) is 34.2 Å². The van der Waals surface area contributed by atoms with Gasteiger partial charge in [0.1, 0.15) is 17.4 Å². The molecule has 3 N–H and O–H groups in total. The van der Waals surface area contributed by atoms with Crippen LogP contribution in [0.4, 0.5) is 0 Å². The van der Waals surface area contributed by atoms with Crippen LogP contribution in [0, 0.1) is 17.2 Å². The molecule has 1 heterocycles. The number of ether oxygens (including phenoxy) is 2. The Morgan fingerprint density at radius 3 is 2.80 bits per heavy atom. The van der Waals surface area contributed by atoms with Crippen molar-refractivity contribution in [2.75, 3.05) is 7.11 Å². The number of hydrogen-bond acceptors (Lipinski definition) is 6. The summed E-state index contributed by atoms with van der Waals surface area (Å²) in [5.74, 6) is 0.188. The number of nitrogens with two attached hydrogens (primary N) is 1. The van der Waals surface area contributed by atoms with Gasteiger partial charge in [-0.05, 0) is 39.5 Å². The quantitative estimate of drug-likeness (QED) is 0.783. The van der Waals surface area contributed by atoms with Crippen molar-refractivity contribution >= 4 is 21.7 Å². The van der Waals surface area contributed by atoms with Crippen LogP contribution >= 0.6 is 15.9 Å². The van der Waals surface area contributed by atoms with Crippen molar-refractivity contribution in [3.05, 3.63) is 45.0 Å². The largest absolute Gasteiger partial charge is 0.503 e. The lowest BCUT2D eigenvalue weighted by atomic mass is 9.75. The molecular formula is C18H17BrN2O4. The summed E-state index contributed by atoms with van der Waals surface area (Å²) in [5.41, 5.74) is 7.22. The molecule has 6 nitrogen and oxygen atoms in total. The molecule has 0 spiro atoms. The van der Waals surface area contributed by atoms with Crippen LogP contribution in [0.1, 0.15) is 31.2 Å². The molecule has 0 saturated carbocycles. The Kier molecular flexibility index (Phi) is 4.48. The molecule has 1 aromatic carbocycles. The lowest BCUT2D eigenvalue weighted by molar-refractivity contribution is -0.117. The van der Waals surface area contributed by atoms with Gasteiger partial charge >= 0.3 is 0 Å². The van der Waals surface area contributed by atoms with Crippen molar-refractivity contribution < 1.29 is 19.4 Å². The Morgan fingerprint density at radius 2 is 2.16 bits per heavy atom. The number of ketones is 1. The SMILES string of the molecule is COc1cc([C@@H]2C(C#N)=C(N)OC3=C2C(=O)C[C@@H](C)C3)cc(Br)c1O. The molecule has 0 radical (unpaired) electrons. The van der Waals surface area contributed by atoms with Gasteiger partial charge in [0.05, 0.1) is 17.5 Å². The number of halogens is 1. The standard InChI is InChI=1S/C18H17BrN2O4/c1-8-3-12(22)16-13(4-8)25-18(21)10(7-20)15(16)9-5-11(19)17(23)14(6-9)24-2/h5-6,8,15,23H,3-4,21H2,1-2H3/t8-,15-/m1/s1. The number of methoxy groups -OCH3 is 1. The Balaban J connectivity index is 2.23. The average Bonchev–Trinajstić information content (AvgIpc) is 2.55. The van der Waals surface area contributed by atoms with E-state index in [1.54, 1.807) is 12.1 Å². The summed E-state index contributed by atoms with van der Waals surface area (Å²) in [6.07, 6.45) is 0.987. The summed E-state index contributed by atoms with van der Waals surface area (Å²) >= 11 is 3.28. The van der Waals surface area contributed by atoms with Gasteiger partial charge in [-0.3, -0.25) is 4.79 Å². The molecule has 1 aliphatic heterocycles. The van der Waals surface area contributed by atoms with Crippen LogP contribution in [0.3, 0.4) is 0 Å². The Morgan fingerprint density at radius 1 is 1.44 bits per heavy atom. The van der Waals surface area contributed by atoms with Crippen molar-refractivity contribution in [2.24, 2.45) is 11.7 Å². The van der Waals surface area contributed by atoms with E-state index in [4.69, 9.17) is 15.2 Å². The first-order valence-electron chi connectivity index (χ1n) is 7.77. The summed E-state index contributed by atoms with van der Waals surface area (Å²) in [6, 6.07) is 5.33. The van der Waals surface area contributed by atoms with Gasteiger partial charge < -0.3 is 20.3 Å². The molecule has 130 valence electrons. The number of benzene rings is 1. The number of hydrogen-bond donors (Lipinski definition) is 2. The second kappa shape index (κ2) is 6.45. The number of carbonyl (C=O) groups excluding carboxylic acids is 1. The number of phenolic OH excluding ortho intramolecular Hbond substituents is 1. The first-order valence-corrected chi connectivity index (χ1v) is 8.56. The molecule has 2 atom stereocenters. The fraction of sp³-hybridized carbons (Fsp3) is 0.333. The fourth-order valence-electron chi connectivity index (χ4n) is 3.34. The van der Waals surface area contributed by atoms with Crippen LogP contribution in [-0.4, -0.2) is 18.0 Å². The minimum absolute atomic E-state index is 0.0105. The van der Waals surface area contributed by atoms with E-state index in [2.05, 4.69) is 22.0 Å². The lowest BCUT2D eigenvalue weighted by Gasteiger charge is -2.33. The van der Waals surface area contributed by atoms with Gasteiger partial charge in [-0.15, -0.1) is 0 Å². The van der Waals surface area contributed by atoms with Crippen LogP contribution < -0.4 is 10.5 Å². The minimum Gasteiger partial charge on any atom is -0.503 e. The number of allylic oxidation sites excluding steroid dienone is 3. The van der Waals surface area contributed by atoms with Crippen molar-refractivity contribution in [3.63, 3.8) is 0 Å². The van der Waals surface area contributed by atoms with Crippen molar-refractivity contribution in [1.82, 2.24) is 0 Å². The number of carbonyl (C=O) groups is 1. The Hall–Kier alpha value is -2.46. The maximum absolute atomic E-state index is 12.7. The van der Waals surface area contributed by atoms with Crippen molar-refractivity contribution in [2.45, 2.75) is 25.7 Å². The van der Waals surface area contributed by atoms with Crippen molar-refractivity contribution in [3.8, 4) is 17.6 Å². The van der Waals surface area contributed by atoms with Crippen LogP contribution in [0.15, 0.2) is 39.4 Å². The first kappa shape index (κ1) is 17.4. The first-order chi connectivity index (χ1) is 11.9. The number of nitrogens with zero attached hydrogens (tertiary/aromatic N) is 1. The van der Waals surface area contributed by atoms with Crippen LogP contribution in [0.5, 0.6) is 11.5 Å². The molecule has 1 aliphatic carbocycles. The molecule has 3 rings (SSSR count). The van der Waals surface area contributed by atoms with Crippen molar-refractivity contribution in [1.29, 1.82) is 5.26 Å². The Bertz CT molecular complexity index is 867. The maximum Gasteiger partial charge on any atom is 0.205 e. The molecule has 0 fully saturated rings. The predicted octanol–water partition coefficient (Wildman–Crippen LogP) is 3.22. The maximum atomic E-state index is 12.7. The molecule has 7 heteroatoms. The molecule has 25 heavy (non-hydrogen) atoms. The van der Waals surface area contributed by atoms with E-state index in [1.807, 2.05) is 6.92 Å². The zero-order valence-electron chi connectivity index (χ0n) is 13.8. The summed E-state index contributed by atoms with van der Waals surface area (Å²) < 4.78 is 11.2. The normalized spacial score (nSPS) is 23.0. The highest BCUT2D eigenvalue weighted by molar-refractivity contribution is 9.10. The van der Waals surface area contributed by atoms with Gasteiger partial charge in [-0.25, -0.2) is 0 Å². The summed E-state index contributed by atoms with van der Waals surface area (Å²) in [7, 11) is 1.43. The topological polar surface area (TPSA) is 106 Å². The minimum atomic E-state index is -0.639. The van der Waals surface area contributed by atoms with Crippen LogP contribution in [0.2, 0.25) is 0 Å². The third-order valence-electron chi connectivity index (χ3n) is 4.47. The zero-order chi connectivity index (χ0) is 18.3. The van der Waals surface area contributed by atoms with Gasteiger partial charge in [0.25, 0.3) is 0 Å². The molecule has 0 unspecified atom stereocenters. The van der Waals surface area contributed by atoms with E-state index in [9.17, 15) is 15.2 Å². The smallest absolute Gasteiger partial charge is 0.205 e. The highest BCUT2D eigenvalue weighted by Gasteiger charge is 2.40. The molecule has 0 bridgehead atoms. The summed E-state index contributed by atoms with van der Waals surface area (Å²) in [4.78, 5) is 12.7. The highest BCUT2D eigenvalue weighted by Crippen LogP contribution is 2.47. The predicted molar refractivity (Wildman–Crippen MR) is 93.4 cm³/mol. The molecule has 0 aromatic heterocycles. The number of rotatable bonds is 2. The molecule has 0 amide bonds. The second-order valence-electron chi connectivity index (χ2n) is 6.25. The summed E-state index contributed by atoms with van der Waals surface area (Å²) in [5, 5.41) is 19.6. The molecule has 2 aliphatic rings. The van der Waals surface area contributed by atoms with E-state index in [-0.39, 0.29) is 34.7 Å². The third kappa shape index (κ3) is 2.87. The average molecular weight is 405 g/mol. The fourth-order valence-corrected chi connectivity index (χ4v) is 3.80. The zero-order valence-corrected chi connectivity index (χ0v) is 15.4. The molecular weight excluding hydrogens is 388 g/mol. The van der Waals surface area contributed by atoms with E-state index in [1.165, 1.54) is 7.11 Å². The lowest BCUT2D eigenvalue weighted by Crippen LogP contribution is -2.29. The van der Waals surface area contributed by atoms with Crippen LogP contribution in [-0.2, 0) is 9.53 Å². The van der Waals surface area contributed by atoms with Gasteiger partial charge in [0.15, 0.2) is 17.3 Å². The highest BCUT2D eigenvalue weighted by atomic mass is 79.9. The van der Waals surface area contributed by atoms with Gasteiger partial charge in [0.2, 0.25) is 5.88 Å². The third-order valence-corrected chi connectivity index (χ3v) is 5.07. The van der Waals surface area contributed by atoms with Crippen LogP contribution in [0.25, 0.3) is 0 Å². The molecule has 0 saturated heterocycles. The number of phenols is 1. The van der Waals surface area contributed by atoms with Gasteiger partial charge in [-0.2, -0.15) is 5.26 Å². The number of nitriles is 1. The monoisotopic (exact) mass is 404 g/mol. The second-order valence-corrected chi connectivity index (χ2v) is 7.11. The molecule has 1 aromatic rings. The Labute approximate surface area is 153 Å². The van der Waals surface area contributed by atoms with E-state index < -0.39 is 5.92 Å². The van der Waals surface area contributed by atoms with E-state index in [0.717, 1.165) is 0 Å². The van der Waals surface area contributed by atoms with Gasteiger partial charge in [-0.1, -0.05) is 6.92 Å².